The molecule has 1 fully saturated rings. The van der Waals surface area contributed by atoms with E-state index in [1.165, 1.54) is 0 Å². The summed E-state index contributed by atoms with van der Waals surface area (Å²) in [6.07, 6.45) is 2.95. The molecule has 2 aromatic carbocycles. The van der Waals surface area contributed by atoms with Gasteiger partial charge in [-0.3, -0.25) is 9.59 Å². The zero-order valence-electron chi connectivity index (χ0n) is 18.6. The summed E-state index contributed by atoms with van der Waals surface area (Å²) in [5, 5.41) is 5.26. The fraction of sp³-hybridized carbons (Fsp3) is 0.417. The highest BCUT2D eigenvalue weighted by molar-refractivity contribution is 7.89. The maximum atomic E-state index is 13.1. The first kappa shape index (κ1) is 23.9. The van der Waals surface area contributed by atoms with Crippen LogP contribution in [0.4, 0.5) is 0 Å². The van der Waals surface area contributed by atoms with Crippen LogP contribution in [0.2, 0.25) is 0 Å². The second kappa shape index (κ2) is 10.7. The molecule has 2 aromatic rings. The van der Waals surface area contributed by atoms with E-state index in [0.29, 0.717) is 13.0 Å². The first-order valence-electron chi connectivity index (χ1n) is 11.0. The maximum absolute atomic E-state index is 13.1. The maximum Gasteiger partial charge on any atom is 0.309 e. The largest absolute Gasteiger partial charge is 0.348 e. The summed E-state index contributed by atoms with van der Waals surface area (Å²) in [4.78, 5) is 24.6. The van der Waals surface area contributed by atoms with E-state index >= 15 is 0 Å². The fourth-order valence-corrected chi connectivity index (χ4v) is 5.64. The molecule has 0 aliphatic carbocycles. The Bertz CT molecular complexity index is 1050. The van der Waals surface area contributed by atoms with E-state index in [1.807, 2.05) is 38.1 Å². The van der Waals surface area contributed by atoms with Gasteiger partial charge in [0, 0.05) is 25.7 Å². The standard InChI is InChI=1S/C24H31N3O4S/c1-18-10-12-22(13-11-18)32(30,31)27-16-6-5-9-21(27)14-15-25-23(28)24(29)26-17-20-8-4-3-7-19(20)2/h3-4,7-8,10-13,21H,5-6,9,14-17H2,1-2H3,(H,25,28)(H,26,29)/t21-/m0/s1. The molecule has 0 radical (unpaired) electrons. The van der Waals surface area contributed by atoms with Crippen molar-refractivity contribution >= 4 is 21.8 Å². The molecule has 0 aromatic heterocycles. The quantitative estimate of drug-likeness (QED) is 0.625. The van der Waals surface area contributed by atoms with E-state index in [4.69, 9.17) is 0 Å². The van der Waals surface area contributed by atoms with E-state index in [-0.39, 0.29) is 24.0 Å². The average molecular weight is 458 g/mol. The lowest BCUT2D eigenvalue weighted by Crippen LogP contribution is -2.46. The molecule has 3 rings (SSSR count). The zero-order valence-corrected chi connectivity index (χ0v) is 19.5. The van der Waals surface area contributed by atoms with Crippen LogP contribution in [0.15, 0.2) is 53.4 Å². The lowest BCUT2D eigenvalue weighted by atomic mass is 10.0. The van der Waals surface area contributed by atoms with E-state index in [2.05, 4.69) is 10.6 Å². The van der Waals surface area contributed by atoms with Crippen molar-refractivity contribution < 1.29 is 18.0 Å². The van der Waals surface area contributed by atoms with Gasteiger partial charge in [0.1, 0.15) is 0 Å². The molecule has 1 aliphatic heterocycles. The first-order chi connectivity index (χ1) is 15.3. The minimum Gasteiger partial charge on any atom is -0.348 e. The third-order valence-corrected chi connectivity index (χ3v) is 7.84. The number of sulfonamides is 1. The smallest absolute Gasteiger partial charge is 0.309 e. The molecule has 1 aliphatic rings. The molecule has 0 unspecified atom stereocenters. The summed E-state index contributed by atoms with van der Waals surface area (Å²) < 4.78 is 27.8. The number of aryl methyl sites for hydroxylation is 2. The van der Waals surface area contributed by atoms with Crippen LogP contribution in [0.3, 0.4) is 0 Å². The van der Waals surface area contributed by atoms with Crippen LogP contribution < -0.4 is 10.6 Å². The van der Waals surface area contributed by atoms with Gasteiger partial charge in [0.15, 0.2) is 0 Å². The molecular weight excluding hydrogens is 426 g/mol. The summed E-state index contributed by atoms with van der Waals surface area (Å²) in [6, 6.07) is 14.3. The van der Waals surface area contributed by atoms with Crippen LogP contribution in [-0.4, -0.2) is 43.7 Å². The third kappa shape index (κ3) is 5.95. The lowest BCUT2D eigenvalue weighted by Gasteiger charge is -2.34. The van der Waals surface area contributed by atoms with Gasteiger partial charge >= 0.3 is 11.8 Å². The summed E-state index contributed by atoms with van der Waals surface area (Å²) >= 11 is 0. The van der Waals surface area contributed by atoms with Crippen molar-refractivity contribution in [3.63, 3.8) is 0 Å². The van der Waals surface area contributed by atoms with Crippen molar-refractivity contribution in [3.05, 3.63) is 65.2 Å². The topological polar surface area (TPSA) is 95.6 Å². The van der Waals surface area contributed by atoms with Crippen LogP contribution in [-0.2, 0) is 26.2 Å². The Balaban J connectivity index is 1.53. The Morgan fingerprint density at radius 3 is 2.38 bits per heavy atom. The van der Waals surface area contributed by atoms with Gasteiger partial charge in [-0.25, -0.2) is 8.42 Å². The van der Waals surface area contributed by atoms with Gasteiger partial charge in [-0.2, -0.15) is 4.31 Å². The van der Waals surface area contributed by atoms with E-state index in [9.17, 15) is 18.0 Å². The zero-order chi connectivity index (χ0) is 23.1. The molecule has 172 valence electrons. The second-order valence-electron chi connectivity index (χ2n) is 8.23. The van der Waals surface area contributed by atoms with Crippen molar-refractivity contribution in [2.45, 2.75) is 57.0 Å². The van der Waals surface area contributed by atoms with E-state index < -0.39 is 21.8 Å². The summed E-state index contributed by atoms with van der Waals surface area (Å²) in [6.45, 7) is 4.85. The highest BCUT2D eigenvalue weighted by Crippen LogP contribution is 2.27. The number of nitrogens with zero attached hydrogens (tertiary/aromatic N) is 1. The number of carbonyl (C=O) groups excluding carboxylic acids is 2. The number of piperidine rings is 1. The molecule has 0 saturated carbocycles. The number of amides is 2. The Morgan fingerprint density at radius 1 is 0.969 bits per heavy atom. The van der Waals surface area contributed by atoms with Crippen LogP contribution >= 0.6 is 0 Å². The number of carbonyl (C=O) groups is 2. The van der Waals surface area contributed by atoms with Crippen LogP contribution in [0.25, 0.3) is 0 Å². The monoisotopic (exact) mass is 457 g/mol. The van der Waals surface area contributed by atoms with Crippen LogP contribution in [0, 0.1) is 13.8 Å². The molecule has 1 atom stereocenters. The molecule has 1 heterocycles. The molecule has 32 heavy (non-hydrogen) atoms. The molecule has 0 spiro atoms. The predicted octanol–water partition coefficient (Wildman–Crippen LogP) is 2.67. The normalized spacial score (nSPS) is 17.0. The highest BCUT2D eigenvalue weighted by atomic mass is 32.2. The van der Waals surface area contributed by atoms with Gasteiger partial charge in [-0.05, 0) is 56.4 Å². The van der Waals surface area contributed by atoms with Gasteiger partial charge in [-0.15, -0.1) is 0 Å². The van der Waals surface area contributed by atoms with Crippen LogP contribution in [0.1, 0.15) is 42.4 Å². The number of benzene rings is 2. The molecular formula is C24H31N3O4S. The first-order valence-corrected chi connectivity index (χ1v) is 12.4. The molecule has 7 nitrogen and oxygen atoms in total. The van der Waals surface area contributed by atoms with Gasteiger partial charge in [-0.1, -0.05) is 48.4 Å². The summed E-state index contributed by atoms with van der Waals surface area (Å²) in [5.41, 5.74) is 3.00. The number of nitrogens with one attached hydrogen (secondary N) is 2. The summed E-state index contributed by atoms with van der Waals surface area (Å²) in [5.74, 6) is -1.40. The predicted molar refractivity (Wildman–Crippen MR) is 123 cm³/mol. The molecule has 8 heteroatoms. The van der Waals surface area contributed by atoms with E-state index in [0.717, 1.165) is 36.0 Å². The van der Waals surface area contributed by atoms with Crippen LogP contribution in [0.5, 0.6) is 0 Å². The van der Waals surface area contributed by atoms with Crippen molar-refractivity contribution in [2.24, 2.45) is 0 Å². The Morgan fingerprint density at radius 2 is 1.66 bits per heavy atom. The number of rotatable bonds is 7. The number of hydrogen-bond donors (Lipinski definition) is 2. The Labute approximate surface area is 190 Å². The minimum atomic E-state index is -3.60. The molecule has 0 bridgehead atoms. The van der Waals surface area contributed by atoms with Gasteiger partial charge < -0.3 is 10.6 Å². The molecule has 1 saturated heterocycles. The highest BCUT2D eigenvalue weighted by Gasteiger charge is 2.33. The van der Waals surface area contributed by atoms with Crippen molar-refractivity contribution in [3.8, 4) is 0 Å². The Kier molecular flexibility index (Phi) is 8.04. The van der Waals surface area contributed by atoms with E-state index in [1.54, 1.807) is 28.6 Å². The number of hydrogen-bond acceptors (Lipinski definition) is 4. The Hall–Kier alpha value is -2.71. The minimum absolute atomic E-state index is 0.203. The SMILES string of the molecule is Cc1ccc(S(=O)(=O)N2CCCC[C@H]2CCNC(=O)C(=O)NCc2ccccc2C)cc1. The van der Waals surface area contributed by atoms with Crippen molar-refractivity contribution in [1.82, 2.24) is 14.9 Å². The fourth-order valence-electron chi connectivity index (χ4n) is 3.92. The van der Waals surface area contributed by atoms with Crippen molar-refractivity contribution in [1.29, 1.82) is 0 Å². The van der Waals surface area contributed by atoms with Gasteiger partial charge in [0.05, 0.1) is 4.90 Å². The summed E-state index contributed by atoms with van der Waals surface area (Å²) in [7, 11) is -3.60. The molecule has 2 N–H and O–H groups in total. The van der Waals surface area contributed by atoms with Crippen molar-refractivity contribution in [2.75, 3.05) is 13.1 Å². The average Bonchev–Trinajstić information content (AvgIpc) is 2.79. The van der Waals surface area contributed by atoms with Gasteiger partial charge in [0.2, 0.25) is 10.0 Å². The third-order valence-electron chi connectivity index (χ3n) is 5.87. The molecule has 2 amide bonds. The lowest BCUT2D eigenvalue weighted by molar-refractivity contribution is -0.139. The second-order valence-corrected chi connectivity index (χ2v) is 10.1. The van der Waals surface area contributed by atoms with Gasteiger partial charge in [0.25, 0.3) is 0 Å².